The van der Waals surface area contributed by atoms with Gasteiger partial charge in [0.15, 0.2) is 0 Å². The highest BCUT2D eigenvalue weighted by molar-refractivity contribution is 6.08. The Bertz CT molecular complexity index is 1760. The van der Waals surface area contributed by atoms with Crippen LogP contribution in [0.1, 0.15) is 40.4 Å². The number of aliphatic hydroxyl groups excluding tert-OH is 1. The molecule has 4 aromatic carbocycles. The third kappa shape index (κ3) is 5.80. The SMILES string of the molecule is COc1ccc(C(OC[C@H]2O[C@@H]([N+]3(C(=O)c4ccccc4)C=C(C)C(=O)NC3=O)C[C@@H]2O)(c2ccccc2)c2ccc(OC)cc2)cc1. The van der Waals surface area contributed by atoms with E-state index < -0.39 is 46.4 Å². The van der Waals surface area contributed by atoms with E-state index in [1.807, 2.05) is 78.9 Å². The lowest BCUT2D eigenvalue weighted by Crippen LogP contribution is -2.66. The Labute approximate surface area is 278 Å². The van der Waals surface area contributed by atoms with E-state index in [1.54, 1.807) is 44.6 Å². The molecule has 2 aliphatic heterocycles. The van der Waals surface area contributed by atoms with E-state index in [4.69, 9.17) is 18.9 Å². The standard InChI is InChI=1S/C38H36N2O8/c1-25-23-40(37(44)39-35(25)42,36(43)26-10-6-4-7-11-26)34-22-32(41)33(48-34)24-47-38(27-12-8-5-9-13-27,28-14-18-30(45-2)19-15-28)29-16-20-31(46-3)21-17-29/h4-21,23,32-34,41H,22,24H2,1-3H3/p+1/t32-,33+,34+,40?/m0/s1. The van der Waals surface area contributed by atoms with E-state index in [-0.39, 0.29) is 24.2 Å². The minimum absolute atomic E-state index is 0.0681. The smallest absolute Gasteiger partial charge is 0.438 e. The van der Waals surface area contributed by atoms with Crippen molar-refractivity contribution < 1.29 is 42.9 Å². The van der Waals surface area contributed by atoms with E-state index in [9.17, 15) is 19.5 Å². The van der Waals surface area contributed by atoms with Crippen LogP contribution in [-0.2, 0) is 19.9 Å². The van der Waals surface area contributed by atoms with Crippen molar-refractivity contribution in [2.45, 2.75) is 37.4 Å². The van der Waals surface area contributed by atoms with Crippen LogP contribution in [0, 0.1) is 0 Å². The van der Waals surface area contributed by atoms with Gasteiger partial charge >= 0.3 is 11.9 Å². The second-order valence-corrected chi connectivity index (χ2v) is 11.8. The number of hydrogen-bond donors (Lipinski definition) is 2. The number of quaternary nitrogens is 1. The molecule has 2 N–H and O–H groups in total. The summed E-state index contributed by atoms with van der Waals surface area (Å²) in [6, 6.07) is 32.3. The Morgan fingerprint density at radius 3 is 1.90 bits per heavy atom. The number of amides is 4. The Kier molecular flexibility index (Phi) is 9.25. The first-order valence-electron chi connectivity index (χ1n) is 15.6. The Balaban J connectivity index is 1.39. The molecule has 0 radical (unpaired) electrons. The fourth-order valence-corrected chi connectivity index (χ4v) is 6.40. The quantitative estimate of drug-likeness (QED) is 0.176. The van der Waals surface area contributed by atoms with Gasteiger partial charge in [0.2, 0.25) is 6.23 Å². The number of rotatable bonds is 10. The first-order chi connectivity index (χ1) is 23.2. The molecule has 0 spiro atoms. The van der Waals surface area contributed by atoms with Crippen LogP contribution in [0.3, 0.4) is 0 Å². The fourth-order valence-electron chi connectivity index (χ4n) is 6.40. The van der Waals surface area contributed by atoms with Gasteiger partial charge in [0.25, 0.3) is 5.91 Å². The van der Waals surface area contributed by atoms with Crippen LogP contribution in [0.4, 0.5) is 4.79 Å². The number of nitrogens with one attached hydrogen (secondary N) is 1. The van der Waals surface area contributed by atoms with Gasteiger partial charge in [-0.3, -0.25) is 4.79 Å². The highest BCUT2D eigenvalue weighted by Crippen LogP contribution is 2.43. The first-order valence-corrected chi connectivity index (χ1v) is 15.6. The molecule has 6 rings (SSSR count). The largest absolute Gasteiger partial charge is 0.497 e. The molecule has 4 amide bonds. The van der Waals surface area contributed by atoms with Gasteiger partial charge in [-0.2, -0.15) is 0 Å². The Hall–Kier alpha value is -5.13. The van der Waals surface area contributed by atoms with Gasteiger partial charge in [0.1, 0.15) is 29.4 Å². The molecule has 4 atom stereocenters. The lowest BCUT2D eigenvalue weighted by Gasteiger charge is -2.38. The predicted octanol–water partition coefficient (Wildman–Crippen LogP) is 5.30. The second kappa shape index (κ2) is 13.5. The third-order valence-electron chi connectivity index (χ3n) is 8.96. The van der Waals surface area contributed by atoms with Gasteiger partial charge in [0, 0.05) is 0 Å². The van der Waals surface area contributed by atoms with Crippen LogP contribution in [0.5, 0.6) is 11.5 Å². The number of benzene rings is 4. The van der Waals surface area contributed by atoms with Crippen molar-refractivity contribution in [1.82, 2.24) is 5.32 Å². The number of urea groups is 1. The molecule has 10 nitrogen and oxygen atoms in total. The molecular weight excluding hydrogens is 612 g/mol. The van der Waals surface area contributed by atoms with E-state index in [0.717, 1.165) is 16.7 Å². The average molecular weight is 650 g/mol. The number of carbonyl (C=O) groups is 3. The molecule has 2 aliphatic rings. The maximum Gasteiger partial charge on any atom is 0.438 e. The highest BCUT2D eigenvalue weighted by atomic mass is 16.6. The van der Waals surface area contributed by atoms with E-state index in [0.29, 0.717) is 11.5 Å². The molecule has 4 aromatic rings. The Morgan fingerprint density at radius 1 is 0.833 bits per heavy atom. The number of carbonyl (C=O) groups excluding carboxylic acids is 3. The lowest BCUT2D eigenvalue weighted by atomic mass is 9.80. The van der Waals surface area contributed by atoms with E-state index in [2.05, 4.69) is 5.32 Å². The maximum atomic E-state index is 14.1. The van der Waals surface area contributed by atoms with Gasteiger partial charge in [-0.25, -0.2) is 14.9 Å². The zero-order valence-electron chi connectivity index (χ0n) is 26.9. The molecule has 1 fully saturated rings. The zero-order valence-corrected chi connectivity index (χ0v) is 26.9. The van der Waals surface area contributed by atoms with Gasteiger partial charge in [-0.15, -0.1) is 4.48 Å². The lowest BCUT2D eigenvalue weighted by molar-refractivity contribution is -0.773. The number of aliphatic hydroxyl groups is 1. The second-order valence-electron chi connectivity index (χ2n) is 11.8. The summed E-state index contributed by atoms with van der Waals surface area (Å²) in [6.45, 7) is 1.41. The summed E-state index contributed by atoms with van der Waals surface area (Å²) in [4.78, 5) is 40.2. The molecule has 0 aliphatic carbocycles. The van der Waals surface area contributed by atoms with Gasteiger partial charge in [0.05, 0.1) is 44.5 Å². The van der Waals surface area contributed by atoms with Crippen LogP contribution in [0.25, 0.3) is 0 Å². The van der Waals surface area contributed by atoms with Crippen molar-refractivity contribution in [3.63, 3.8) is 0 Å². The normalized spacial score (nSPS) is 22.5. The van der Waals surface area contributed by atoms with Crippen LogP contribution in [0.15, 0.2) is 121 Å². The van der Waals surface area contributed by atoms with Crippen molar-refractivity contribution in [3.8, 4) is 11.5 Å². The summed E-state index contributed by atoms with van der Waals surface area (Å²) in [5.74, 6) is 0.159. The average Bonchev–Trinajstić information content (AvgIpc) is 3.51. The van der Waals surface area contributed by atoms with E-state index >= 15 is 0 Å². The molecule has 48 heavy (non-hydrogen) atoms. The van der Waals surface area contributed by atoms with Crippen molar-refractivity contribution in [2.75, 3.05) is 20.8 Å². The molecule has 10 heteroatoms. The summed E-state index contributed by atoms with van der Waals surface area (Å²) in [7, 11) is 3.20. The van der Waals surface area contributed by atoms with Crippen molar-refractivity contribution >= 4 is 17.8 Å². The van der Waals surface area contributed by atoms with Crippen LogP contribution >= 0.6 is 0 Å². The summed E-state index contributed by atoms with van der Waals surface area (Å²) < 4.78 is 23.3. The monoisotopic (exact) mass is 649 g/mol. The molecule has 246 valence electrons. The molecule has 2 heterocycles. The fraction of sp³-hybridized carbons (Fsp3) is 0.237. The number of imide groups is 2. The third-order valence-corrected chi connectivity index (χ3v) is 8.96. The molecule has 0 saturated carbocycles. The van der Waals surface area contributed by atoms with Crippen LogP contribution in [-0.4, -0.2) is 66.7 Å². The number of ether oxygens (including phenoxy) is 4. The molecular formula is C38H37N2O8+. The van der Waals surface area contributed by atoms with Gasteiger partial charge in [-0.05, 0) is 60.0 Å². The van der Waals surface area contributed by atoms with Gasteiger partial charge < -0.3 is 24.1 Å². The highest BCUT2D eigenvalue weighted by Gasteiger charge is 2.59. The first kappa shape index (κ1) is 32.8. The number of methoxy groups -OCH3 is 2. The van der Waals surface area contributed by atoms with E-state index in [1.165, 1.54) is 13.1 Å². The summed E-state index contributed by atoms with van der Waals surface area (Å²) in [5, 5.41) is 13.7. The zero-order chi connectivity index (χ0) is 33.9. The summed E-state index contributed by atoms with van der Waals surface area (Å²) in [6.07, 6.45) is -1.93. The van der Waals surface area contributed by atoms with Crippen molar-refractivity contribution in [3.05, 3.63) is 143 Å². The summed E-state index contributed by atoms with van der Waals surface area (Å²) in [5.41, 5.74) is 1.65. The molecule has 0 aromatic heterocycles. The van der Waals surface area contributed by atoms with Crippen molar-refractivity contribution in [2.24, 2.45) is 0 Å². The van der Waals surface area contributed by atoms with Crippen LogP contribution in [0.2, 0.25) is 0 Å². The predicted molar refractivity (Wildman–Crippen MR) is 176 cm³/mol. The van der Waals surface area contributed by atoms with Crippen LogP contribution < -0.4 is 14.8 Å². The van der Waals surface area contributed by atoms with Gasteiger partial charge in [-0.1, -0.05) is 72.8 Å². The minimum atomic E-state index is -1.18. The van der Waals surface area contributed by atoms with Crippen molar-refractivity contribution in [1.29, 1.82) is 0 Å². The number of hydrogen-bond acceptors (Lipinski definition) is 8. The summed E-state index contributed by atoms with van der Waals surface area (Å²) >= 11 is 0. The molecule has 0 bridgehead atoms. The molecule has 1 unspecified atom stereocenters. The maximum absolute atomic E-state index is 14.1. The molecule has 1 saturated heterocycles. The Morgan fingerprint density at radius 2 is 1.35 bits per heavy atom. The number of nitrogens with zero attached hydrogens (tertiary/aromatic N) is 1. The minimum Gasteiger partial charge on any atom is -0.497 e. The topological polar surface area (TPSA) is 120 Å².